The molecule has 6 aliphatic heterocycles. The average Bonchev–Trinajstić information content (AvgIpc) is 1.10. The van der Waals surface area contributed by atoms with Crippen LogP contribution in [0.4, 0.5) is 11.6 Å². The minimum atomic E-state index is -7.46. The van der Waals surface area contributed by atoms with Crippen LogP contribution in [0.3, 0.4) is 0 Å². The van der Waals surface area contributed by atoms with Crippen LogP contribution in [-0.2, 0) is 82.6 Å². The number of carboxylic acid groups (broad SMARTS) is 1. The van der Waals surface area contributed by atoms with Crippen molar-refractivity contribution in [3.8, 4) is 0 Å². The first-order valence-electron chi connectivity index (χ1n) is 38.4. The van der Waals surface area contributed by atoms with Gasteiger partial charge in [-0.05, 0) is 0 Å². The van der Waals surface area contributed by atoms with Gasteiger partial charge in [0, 0.05) is 0 Å². The van der Waals surface area contributed by atoms with Crippen LogP contribution >= 0.6 is 0 Å². The quantitative estimate of drug-likeness (QED) is 0.0100. The standard InChI is InChI=1S/C72H102N10O23S5Si3/c1-111(2,54-22-38-81(37-21-53-110(97,98)99,33-13-17-49-106(85,86)87)34-14-18-50-107(88,89)90)104-113(105-112(3,4)55-23-39-82(35-15-19-51-108(91,92)93,36-16-20-52-109(94,95)96)40-42-101-44-46-103-48-47-102-45-43-100-41-32-64(83)84)77-65-56-24-5-6-25-57(56)66(77)74-68-60-28-9-10-29-61(60)70(79(68)113)76-72-63-31-12-11-30-62(63)71(80(72)113)75-69-59-27-8-7-26-58(59)67(73-65)78(69)113/h5-12,24-31H,13-23,32-55H2,1-4H3,(H4-2,83,84,85,86,87,88,89,90,91,92,93,94,95,96,97,98,99)/p+2. The fourth-order valence-electron chi connectivity index (χ4n) is 18.0. The Hall–Kier alpha value is -6.41. The van der Waals surface area contributed by atoms with E-state index in [1.807, 2.05) is 97.1 Å². The van der Waals surface area contributed by atoms with Gasteiger partial charge in [0.05, 0.1) is 39.5 Å². The molecule has 0 fully saturated rings. The minimum absolute atomic E-state index is 0.0273. The average molecular weight is 1720 g/mol. The van der Waals surface area contributed by atoms with E-state index in [-0.39, 0.29) is 128 Å². The summed E-state index contributed by atoms with van der Waals surface area (Å²) >= 11 is 0. The van der Waals surface area contributed by atoms with Gasteiger partial charge < -0.3 is 14.6 Å². The number of amidine groups is 4. The third-order valence-electron chi connectivity index (χ3n) is 22.4. The Morgan fingerprint density at radius 2 is 0.699 bits per heavy atom. The van der Waals surface area contributed by atoms with Crippen molar-refractivity contribution in [3.63, 3.8) is 0 Å². The van der Waals surface area contributed by atoms with Crippen LogP contribution < -0.4 is 11.0 Å². The summed E-state index contributed by atoms with van der Waals surface area (Å²) in [6.45, 7) is 12.8. The first kappa shape index (κ1) is 85.9. The van der Waals surface area contributed by atoms with E-state index in [9.17, 15) is 77.9 Å². The Labute approximate surface area is 660 Å². The second kappa shape index (κ2) is 33.2. The third-order valence-corrected chi connectivity index (χ3v) is 43.1. The van der Waals surface area contributed by atoms with E-state index < -0.39 is 110 Å². The number of carbonyl (C=O) groups is 1. The summed E-state index contributed by atoms with van der Waals surface area (Å²) in [7, 11) is -37.0. The Kier molecular flexibility index (Phi) is 25.2. The summed E-state index contributed by atoms with van der Waals surface area (Å²) in [6.07, 6.45) is 2.12. The first-order chi connectivity index (χ1) is 53.3. The van der Waals surface area contributed by atoms with E-state index in [1.54, 1.807) is 0 Å². The Morgan fingerprint density at radius 1 is 0.389 bits per heavy atom. The van der Waals surface area contributed by atoms with Crippen LogP contribution in [0.1, 0.15) is 99.3 Å². The zero-order chi connectivity index (χ0) is 81.2. The second-order valence-corrected chi connectivity index (χ2v) is 53.7. The Morgan fingerprint density at radius 3 is 1.07 bits per heavy atom. The van der Waals surface area contributed by atoms with Gasteiger partial charge in [0.1, 0.15) is 0 Å². The van der Waals surface area contributed by atoms with Crippen molar-refractivity contribution in [3.05, 3.63) is 130 Å². The van der Waals surface area contributed by atoms with Gasteiger partial charge in [-0.15, -0.1) is 0 Å². The monoisotopic (exact) mass is 1720 g/mol. The van der Waals surface area contributed by atoms with Crippen molar-refractivity contribution < 1.29 is 119 Å². The van der Waals surface area contributed by atoms with E-state index in [0.717, 1.165) is 43.8 Å². The van der Waals surface area contributed by atoms with Crippen molar-refractivity contribution in [2.45, 2.75) is 115 Å². The molecule has 12 rings (SSSR count). The number of carboxylic acids is 1. The molecule has 0 saturated heterocycles. The van der Waals surface area contributed by atoms with E-state index in [4.69, 9.17) is 44.0 Å². The molecular weight excluding hydrogens is 1620 g/mol. The van der Waals surface area contributed by atoms with Crippen molar-refractivity contribution in [1.82, 2.24) is 8.47 Å². The van der Waals surface area contributed by atoms with Gasteiger partial charge >= 0.3 is 606 Å². The maximum atomic E-state index is 12.5. The number of fused-ring (bicyclic) bond motifs is 12. The molecule has 0 saturated carbocycles. The number of nitrogens with zero attached hydrogens (tertiary/aromatic N) is 10. The topological polar surface area (TPSA) is 430 Å². The number of benzene rings is 4. The van der Waals surface area contributed by atoms with Gasteiger partial charge in [0.25, 0.3) is 0 Å². The molecule has 0 atom stereocenters. The predicted molar refractivity (Wildman–Crippen MR) is 431 cm³/mol. The summed E-state index contributed by atoms with van der Waals surface area (Å²) in [5.74, 6) is -0.720. The summed E-state index contributed by atoms with van der Waals surface area (Å²) in [4.78, 5) is 34.3. The molecular formula is C72H104N10O23S5Si3+2. The fraction of sp³-hybridized carbons (Fsp3) is 0.542. The van der Waals surface area contributed by atoms with Gasteiger partial charge in [-0.3, -0.25) is 4.79 Å². The number of hydrogen-bond donors (Lipinski definition) is 6. The molecule has 0 radical (unpaired) electrons. The van der Waals surface area contributed by atoms with Gasteiger partial charge in [0.2, 0.25) is 0 Å². The third kappa shape index (κ3) is 17.9. The zero-order valence-corrected chi connectivity index (χ0v) is 71.2. The molecule has 6 N–H and O–H groups in total. The summed E-state index contributed by atoms with van der Waals surface area (Å²) in [5, 5.41) is 11.8. The normalized spacial score (nSPS) is 17.2. The molecule has 0 aliphatic carbocycles. The molecule has 620 valence electrons. The summed E-state index contributed by atoms with van der Waals surface area (Å²) in [6, 6.07) is 32.6. The summed E-state index contributed by atoms with van der Waals surface area (Å²) < 4.78 is 224. The number of hydrogen-bond acceptors (Lipinski definition) is 21. The molecule has 8 heterocycles. The van der Waals surface area contributed by atoms with Crippen molar-refractivity contribution in [2.75, 3.05) is 134 Å². The number of ether oxygens (including phenoxy) is 4. The summed E-state index contributed by atoms with van der Waals surface area (Å²) in [5.41, 5.74) is 3.91. The number of rotatable bonds is 51. The predicted octanol–water partition coefficient (Wildman–Crippen LogP) is 6.67. The molecule has 4 aromatic carbocycles. The Balaban J connectivity index is 1.02. The van der Waals surface area contributed by atoms with Gasteiger partial charge in [0.15, 0.2) is 0 Å². The number of quaternary nitrogens is 2. The van der Waals surface area contributed by atoms with Crippen LogP contribution in [0.25, 0.3) is 21.5 Å². The van der Waals surface area contributed by atoms with Gasteiger partial charge in [-0.2, -0.15) is 0 Å². The van der Waals surface area contributed by atoms with E-state index >= 15 is 0 Å². The number of unbranched alkanes of at least 4 members (excludes halogenated alkanes) is 4. The molecule has 0 amide bonds. The SMILES string of the molecule is C[Si](C)(CCC[N+](CCCCS(=O)(=O)O)(CCCCS(=O)(=O)O)CCCS(=O)(=O)O)O[Si-2]123(O[Si](C)(C)CCC[N+](CCCCS(=O)(=O)O)(CCCCS(=O)(=O)O)CCOCCOCCOCCOCCC(=O)O)n4c5c6ccccc6c4N=C4c6ccccc6C(=[N+]41)N=c1c4ccccc4c(n12)=NC1=[N+]3C(=N5)c2ccccc21. The molecule has 113 heavy (non-hydrogen) atoms. The fourth-order valence-corrected chi connectivity index (χ4v) is 43.0. The number of aliphatic imine (C=N–C) groups is 2. The van der Waals surface area contributed by atoms with E-state index in [2.05, 4.69) is 43.1 Å². The van der Waals surface area contributed by atoms with Crippen molar-refractivity contribution in [2.24, 2.45) is 20.0 Å². The van der Waals surface area contributed by atoms with Gasteiger partial charge in [-0.25, -0.2) is 0 Å². The zero-order valence-electron chi connectivity index (χ0n) is 64.1. The Bertz CT molecular complexity index is 5310. The van der Waals surface area contributed by atoms with Gasteiger partial charge in [-0.1, -0.05) is 0 Å². The molecule has 41 heteroatoms. The number of aromatic nitrogens is 2. The molecule has 0 unspecified atom stereocenters. The van der Waals surface area contributed by atoms with Crippen molar-refractivity contribution >= 4 is 137 Å². The molecule has 1 spiro atoms. The van der Waals surface area contributed by atoms with Crippen LogP contribution in [0, 0.1) is 0 Å². The van der Waals surface area contributed by atoms with Crippen LogP contribution in [0.15, 0.2) is 117 Å². The molecule has 2 aromatic heterocycles. The molecule has 6 aromatic rings. The number of aliphatic carboxylic acids is 1. The van der Waals surface area contributed by atoms with Crippen LogP contribution in [0.5, 0.6) is 0 Å². The van der Waals surface area contributed by atoms with E-state index in [0.29, 0.717) is 121 Å². The maximum absolute atomic E-state index is 12.5. The first-order valence-corrected chi connectivity index (χ1v) is 55.3. The molecule has 0 bridgehead atoms. The van der Waals surface area contributed by atoms with Crippen LogP contribution in [-0.4, -0.2) is 284 Å². The second-order valence-electron chi connectivity index (χ2n) is 31.6. The molecule has 6 aliphatic rings. The van der Waals surface area contributed by atoms with E-state index in [1.165, 1.54) is 0 Å². The van der Waals surface area contributed by atoms with Crippen molar-refractivity contribution in [1.29, 1.82) is 0 Å². The molecule has 33 nitrogen and oxygen atoms in total. The van der Waals surface area contributed by atoms with Crippen LogP contribution in [0.2, 0.25) is 38.3 Å².